The third kappa shape index (κ3) is 4.20. The molecule has 5 nitrogen and oxygen atoms in total. The molecule has 0 radical (unpaired) electrons. The van der Waals surface area contributed by atoms with Crippen LogP contribution in [0.15, 0.2) is 16.5 Å². The van der Waals surface area contributed by atoms with Gasteiger partial charge in [-0.15, -0.1) is 12.4 Å². The summed E-state index contributed by atoms with van der Waals surface area (Å²) in [5, 5.41) is 10.4. The maximum atomic E-state index is 10.4. The first-order valence-corrected chi connectivity index (χ1v) is 5.15. The fraction of sp³-hybridized carbons (Fsp3) is 0.600. The van der Waals surface area contributed by atoms with Gasteiger partial charge in [0.05, 0.1) is 12.1 Å². The zero-order valence-electron chi connectivity index (χ0n) is 9.22. The van der Waals surface area contributed by atoms with E-state index in [1.54, 1.807) is 6.07 Å². The molecule has 1 aromatic rings. The third-order valence-electron chi connectivity index (χ3n) is 2.28. The van der Waals surface area contributed by atoms with Crippen molar-refractivity contribution >= 4 is 18.3 Å². The molecule has 0 spiro atoms. The number of unbranched alkanes of at least 4 members (excludes halogenated alkanes) is 2. The van der Waals surface area contributed by atoms with Crippen LogP contribution in [0.2, 0.25) is 0 Å². The molecule has 92 valence electrons. The van der Waals surface area contributed by atoms with Gasteiger partial charge in [-0.25, -0.2) is 0 Å². The van der Waals surface area contributed by atoms with E-state index in [0.717, 1.165) is 25.7 Å². The molecule has 1 aromatic heterocycles. The predicted molar refractivity (Wildman–Crippen MR) is 63.7 cm³/mol. The van der Waals surface area contributed by atoms with Crippen LogP contribution >= 0.6 is 12.4 Å². The minimum atomic E-state index is -0.553. The molecule has 0 aromatic carbocycles. The molecule has 0 fully saturated rings. The molecule has 6 heteroatoms. The van der Waals surface area contributed by atoms with Crippen molar-refractivity contribution in [3.8, 4) is 0 Å². The first-order valence-electron chi connectivity index (χ1n) is 5.15. The van der Waals surface area contributed by atoms with Crippen molar-refractivity contribution in [3.05, 3.63) is 28.0 Å². The lowest BCUT2D eigenvalue weighted by atomic mass is 10.1. The van der Waals surface area contributed by atoms with Gasteiger partial charge in [-0.2, -0.15) is 0 Å². The molecule has 1 atom stereocenters. The van der Waals surface area contributed by atoms with Gasteiger partial charge in [0.2, 0.25) is 0 Å². The van der Waals surface area contributed by atoms with Gasteiger partial charge in [-0.05, 0) is 12.5 Å². The highest BCUT2D eigenvalue weighted by atomic mass is 35.5. The van der Waals surface area contributed by atoms with Crippen LogP contribution in [-0.2, 0) is 0 Å². The van der Waals surface area contributed by atoms with Crippen LogP contribution in [0.25, 0.3) is 0 Å². The van der Waals surface area contributed by atoms with E-state index in [0.29, 0.717) is 5.76 Å². The number of halogens is 1. The van der Waals surface area contributed by atoms with E-state index in [2.05, 4.69) is 6.92 Å². The Bertz CT molecular complexity index is 328. The molecule has 0 aliphatic heterocycles. The molecule has 0 saturated carbocycles. The monoisotopic (exact) mass is 248 g/mol. The molecule has 2 N–H and O–H groups in total. The second-order valence-electron chi connectivity index (χ2n) is 3.54. The molecule has 0 saturated heterocycles. The number of rotatable bonds is 6. The van der Waals surface area contributed by atoms with Crippen LogP contribution in [0.4, 0.5) is 5.88 Å². The Morgan fingerprint density at radius 2 is 2.19 bits per heavy atom. The standard InChI is InChI=1S/C10H16N2O3.ClH/c1-2-3-4-5-8(11)9-6-7-10(15-9)12(13)14;/h6-8H,2-5,11H2,1H3;1H/t8-;/m0./s1. The number of nitrogens with two attached hydrogens (primary N) is 1. The molecule has 0 amide bonds. The highest BCUT2D eigenvalue weighted by molar-refractivity contribution is 5.85. The summed E-state index contributed by atoms with van der Waals surface area (Å²) in [6, 6.07) is 2.69. The van der Waals surface area contributed by atoms with Crippen molar-refractivity contribution in [1.82, 2.24) is 0 Å². The highest BCUT2D eigenvalue weighted by Gasteiger charge is 2.16. The SMILES string of the molecule is CCCCC[C@H](N)c1ccc([N+](=O)[O-])o1.Cl. The zero-order chi connectivity index (χ0) is 11.3. The van der Waals surface area contributed by atoms with E-state index in [1.165, 1.54) is 6.07 Å². The largest absolute Gasteiger partial charge is 0.433 e. The Hall–Kier alpha value is -1.07. The molecule has 16 heavy (non-hydrogen) atoms. The van der Waals surface area contributed by atoms with Crippen LogP contribution < -0.4 is 5.73 Å². The summed E-state index contributed by atoms with van der Waals surface area (Å²) >= 11 is 0. The first-order chi connectivity index (χ1) is 7.15. The minimum Gasteiger partial charge on any atom is -0.404 e. The average molecular weight is 249 g/mol. The van der Waals surface area contributed by atoms with Gasteiger partial charge < -0.3 is 10.2 Å². The lowest BCUT2D eigenvalue weighted by molar-refractivity contribution is -0.402. The molecular weight excluding hydrogens is 232 g/mol. The maximum absolute atomic E-state index is 10.4. The summed E-state index contributed by atoms with van der Waals surface area (Å²) in [7, 11) is 0. The minimum absolute atomic E-state index is 0. The highest BCUT2D eigenvalue weighted by Crippen LogP contribution is 2.23. The van der Waals surface area contributed by atoms with Crippen molar-refractivity contribution in [2.75, 3.05) is 0 Å². The quantitative estimate of drug-likeness (QED) is 0.476. The number of furan rings is 1. The zero-order valence-corrected chi connectivity index (χ0v) is 10.0. The lowest BCUT2D eigenvalue weighted by Crippen LogP contribution is -2.08. The molecular formula is C10H17ClN2O3. The first kappa shape index (κ1) is 14.9. The van der Waals surface area contributed by atoms with E-state index >= 15 is 0 Å². The predicted octanol–water partition coefficient (Wildman–Crippen LogP) is 3.19. The Balaban J connectivity index is 0.00000225. The Kier molecular flexibility index (Phi) is 6.76. The third-order valence-corrected chi connectivity index (χ3v) is 2.28. The molecule has 0 aliphatic rings. The fourth-order valence-electron chi connectivity index (χ4n) is 1.40. The number of hydrogen-bond donors (Lipinski definition) is 1. The Morgan fingerprint density at radius 1 is 1.50 bits per heavy atom. The van der Waals surface area contributed by atoms with Gasteiger partial charge in [0.25, 0.3) is 0 Å². The summed E-state index contributed by atoms with van der Waals surface area (Å²) in [6.07, 6.45) is 4.08. The van der Waals surface area contributed by atoms with Crippen molar-refractivity contribution in [2.45, 2.75) is 38.6 Å². The number of hydrogen-bond acceptors (Lipinski definition) is 4. The van der Waals surface area contributed by atoms with Crippen molar-refractivity contribution < 1.29 is 9.34 Å². The topological polar surface area (TPSA) is 82.3 Å². The molecule has 0 aliphatic carbocycles. The summed E-state index contributed by atoms with van der Waals surface area (Å²) in [6.45, 7) is 2.11. The summed E-state index contributed by atoms with van der Waals surface area (Å²) in [5.74, 6) is 0.258. The van der Waals surface area contributed by atoms with Gasteiger partial charge >= 0.3 is 5.88 Å². The van der Waals surface area contributed by atoms with Crippen molar-refractivity contribution in [1.29, 1.82) is 0 Å². The van der Waals surface area contributed by atoms with Crippen LogP contribution in [-0.4, -0.2) is 4.92 Å². The molecule has 1 heterocycles. The van der Waals surface area contributed by atoms with Gasteiger partial charge in [0.1, 0.15) is 10.7 Å². The average Bonchev–Trinajstić information content (AvgIpc) is 2.66. The summed E-state index contributed by atoms with van der Waals surface area (Å²) in [4.78, 5) is 9.81. The van der Waals surface area contributed by atoms with E-state index in [-0.39, 0.29) is 24.3 Å². The molecule has 0 bridgehead atoms. The van der Waals surface area contributed by atoms with Crippen molar-refractivity contribution in [2.24, 2.45) is 5.73 Å². The van der Waals surface area contributed by atoms with E-state index in [4.69, 9.17) is 10.2 Å². The lowest BCUT2D eigenvalue weighted by Gasteiger charge is -2.06. The van der Waals surface area contributed by atoms with Crippen LogP contribution in [0.3, 0.4) is 0 Å². The van der Waals surface area contributed by atoms with Gasteiger partial charge in [-0.3, -0.25) is 10.1 Å². The summed E-state index contributed by atoms with van der Waals surface area (Å²) < 4.78 is 5.01. The van der Waals surface area contributed by atoms with Crippen molar-refractivity contribution in [3.63, 3.8) is 0 Å². The maximum Gasteiger partial charge on any atom is 0.433 e. The molecule has 1 rings (SSSR count). The van der Waals surface area contributed by atoms with E-state index in [9.17, 15) is 10.1 Å². The van der Waals surface area contributed by atoms with Crippen LogP contribution in [0, 0.1) is 10.1 Å². The van der Waals surface area contributed by atoms with Gasteiger partial charge in [0, 0.05) is 0 Å². The number of nitro groups is 1. The van der Waals surface area contributed by atoms with Gasteiger partial charge in [0.15, 0.2) is 0 Å². The normalized spacial score (nSPS) is 11.9. The smallest absolute Gasteiger partial charge is 0.404 e. The number of nitrogens with zero attached hydrogens (tertiary/aromatic N) is 1. The Labute approximate surface area is 101 Å². The van der Waals surface area contributed by atoms with E-state index < -0.39 is 4.92 Å². The van der Waals surface area contributed by atoms with Gasteiger partial charge in [-0.1, -0.05) is 26.2 Å². The fourth-order valence-corrected chi connectivity index (χ4v) is 1.40. The second kappa shape index (κ2) is 7.24. The summed E-state index contributed by atoms with van der Waals surface area (Å²) in [5.41, 5.74) is 5.83. The molecule has 0 unspecified atom stereocenters. The van der Waals surface area contributed by atoms with Crippen LogP contribution in [0.5, 0.6) is 0 Å². The second-order valence-corrected chi connectivity index (χ2v) is 3.54. The van der Waals surface area contributed by atoms with E-state index in [1.807, 2.05) is 0 Å². The Morgan fingerprint density at radius 3 is 2.69 bits per heavy atom. The van der Waals surface area contributed by atoms with Crippen LogP contribution in [0.1, 0.15) is 44.4 Å².